The van der Waals surface area contributed by atoms with Crippen LogP contribution in [0, 0.1) is 22.7 Å². The Kier molecular flexibility index (Phi) is 1.47. The molecule has 0 nitrogen and oxygen atoms in total. The quantitative estimate of drug-likeness (QED) is 0.519. The van der Waals surface area contributed by atoms with Gasteiger partial charge in [-0.25, -0.2) is 0 Å². The summed E-state index contributed by atoms with van der Waals surface area (Å²) in [5, 5.41) is 0. The van der Waals surface area contributed by atoms with Crippen molar-refractivity contribution in [3.8, 4) is 0 Å². The fourth-order valence-corrected chi connectivity index (χ4v) is 6.26. The fraction of sp³-hybridized carbons (Fsp3) is 1.00. The van der Waals surface area contributed by atoms with Gasteiger partial charge in [0.25, 0.3) is 0 Å². The third kappa shape index (κ3) is 1.03. The second-order valence-corrected chi connectivity index (χ2v) is 8.15. The van der Waals surface area contributed by atoms with Crippen LogP contribution in [0.5, 0.6) is 0 Å². The molecule has 0 N–H and O–H groups in total. The standard InChI is InChI=1S/C12H22Si/c1-11-4-8-3-9(6-11)10(13)12(2,5-8)7-11/h8-10H,3-7H2,1-2,13H3. The molecule has 74 valence electrons. The van der Waals surface area contributed by atoms with Gasteiger partial charge in [0.05, 0.1) is 0 Å². The summed E-state index contributed by atoms with van der Waals surface area (Å²) in [6.45, 7) is 5.16. The zero-order valence-electron chi connectivity index (χ0n) is 9.27. The first-order valence-electron chi connectivity index (χ1n) is 6.01. The molecule has 4 bridgehead atoms. The van der Waals surface area contributed by atoms with E-state index < -0.39 is 0 Å². The largest absolute Gasteiger partial charge is 0.0596 e. The van der Waals surface area contributed by atoms with Gasteiger partial charge in [0.2, 0.25) is 0 Å². The Morgan fingerprint density at radius 3 is 2.54 bits per heavy atom. The average Bonchev–Trinajstić information content (AvgIpc) is 1.96. The van der Waals surface area contributed by atoms with Crippen LogP contribution in [0.4, 0.5) is 0 Å². The second kappa shape index (κ2) is 2.24. The summed E-state index contributed by atoms with van der Waals surface area (Å²) >= 11 is 0. The molecule has 5 atom stereocenters. The van der Waals surface area contributed by atoms with Gasteiger partial charge < -0.3 is 0 Å². The van der Waals surface area contributed by atoms with Crippen molar-refractivity contribution in [3.63, 3.8) is 0 Å². The van der Waals surface area contributed by atoms with Gasteiger partial charge >= 0.3 is 0 Å². The molecule has 4 aliphatic rings. The minimum atomic E-state index is 0.765. The first-order valence-corrected chi connectivity index (χ1v) is 7.16. The summed E-state index contributed by atoms with van der Waals surface area (Å²) in [6.07, 6.45) is 7.87. The van der Waals surface area contributed by atoms with Crippen LogP contribution in [0.15, 0.2) is 0 Å². The van der Waals surface area contributed by atoms with Crippen molar-refractivity contribution in [2.75, 3.05) is 0 Å². The first kappa shape index (κ1) is 8.52. The highest BCUT2D eigenvalue weighted by molar-refractivity contribution is 6.12. The van der Waals surface area contributed by atoms with E-state index >= 15 is 0 Å². The van der Waals surface area contributed by atoms with Gasteiger partial charge in [0, 0.05) is 10.2 Å². The minimum absolute atomic E-state index is 0.765. The SMILES string of the molecule is CC12CC3CC(C1)C([SiH3])C(C)(C3)C2. The molecule has 1 heteroatoms. The highest BCUT2D eigenvalue weighted by Gasteiger charge is 2.56. The summed E-state index contributed by atoms with van der Waals surface area (Å²) in [7, 11) is 1.45. The van der Waals surface area contributed by atoms with Crippen molar-refractivity contribution < 1.29 is 0 Å². The van der Waals surface area contributed by atoms with Crippen LogP contribution in [-0.2, 0) is 0 Å². The van der Waals surface area contributed by atoms with Gasteiger partial charge in [-0.15, -0.1) is 0 Å². The molecule has 4 aliphatic carbocycles. The molecular weight excluding hydrogens is 172 g/mol. The van der Waals surface area contributed by atoms with Crippen LogP contribution >= 0.6 is 0 Å². The van der Waals surface area contributed by atoms with E-state index in [0.717, 1.165) is 28.2 Å². The van der Waals surface area contributed by atoms with Gasteiger partial charge in [0.1, 0.15) is 0 Å². The highest BCUT2D eigenvalue weighted by atomic mass is 28.1. The second-order valence-electron chi connectivity index (χ2n) is 6.90. The Balaban J connectivity index is 2.01. The number of rotatable bonds is 0. The van der Waals surface area contributed by atoms with Gasteiger partial charge in [0.15, 0.2) is 0 Å². The van der Waals surface area contributed by atoms with Crippen molar-refractivity contribution in [2.24, 2.45) is 22.7 Å². The smallest absolute Gasteiger partial charge is 0.00777 e. The topological polar surface area (TPSA) is 0 Å². The fourth-order valence-electron chi connectivity index (χ4n) is 5.31. The van der Waals surface area contributed by atoms with E-state index in [0.29, 0.717) is 0 Å². The average molecular weight is 194 g/mol. The molecule has 4 fully saturated rings. The molecule has 4 rings (SSSR count). The van der Waals surface area contributed by atoms with Crippen LogP contribution in [-0.4, -0.2) is 10.2 Å². The third-order valence-corrected chi connectivity index (χ3v) is 7.90. The molecular formula is C12H22Si. The zero-order valence-corrected chi connectivity index (χ0v) is 11.3. The van der Waals surface area contributed by atoms with Crippen molar-refractivity contribution >= 4 is 10.2 Å². The molecule has 0 heterocycles. The van der Waals surface area contributed by atoms with E-state index in [-0.39, 0.29) is 0 Å². The van der Waals surface area contributed by atoms with Crippen molar-refractivity contribution in [2.45, 2.75) is 51.5 Å². The number of hydrogen-bond acceptors (Lipinski definition) is 0. The predicted octanol–water partition coefficient (Wildman–Crippen LogP) is 2.38. The summed E-state index contributed by atoms with van der Waals surface area (Å²) in [4.78, 5) is 0. The Bertz CT molecular complexity index is 250. The molecule has 0 spiro atoms. The van der Waals surface area contributed by atoms with Gasteiger partial charge in [-0.05, 0) is 60.3 Å². The summed E-state index contributed by atoms with van der Waals surface area (Å²) in [6, 6.07) is 0. The maximum absolute atomic E-state index is 2.60. The van der Waals surface area contributed by atoms with Crippen LogP contribution in [0.1, 0.15) is 46.0 Å². The first-order chi connectivity index (χ1) is 6.01. The molecule has 5 unspecified atom stereocenters. The summed E-state index contributed by atoms with van der Waals surface area (Å²) in [5.41, 5.74) is 2.70. The Morgan fingerprint density at radius 1 is 1.15 bits per heavy atom. The zero-order chi connectivity index (χ0) is 9.27. The molecule has 0 saturated heterocycles. The molecule has 4 saturated carbocycles. The van der Waals surface area contributed by atoms with Crippen LogP contribution < -0.4 is 0 Å². The molecule has 0 aromatic rings. The van der Waals surface area contributed by atoms with Crippen molar-refractivity contribution in [3.05, 3.63) is 0 Å². The van der Waals surface area contributed by atoms with E-state index in [2.05, 4.69) is 13.8 Å². The lowest BCUT2D eigenvalue weighted by molar-refractivity contribution is -0.0906. The van der Waals surface area contributed by atoms with Crippen LogP contribution in [0.2, 0.25) is 5.54 Å². The molecule has 0 radical (unpaired) electrons. The molecule has 13 heavy (non-hydrogen) atoms. The van der Waals surface area contributed by atoms with Gasteiger partial charge in [-0.3, -0.25) is 0 Å². The number of hydrogen-bond donors (Lipinski definition) is 0. The normalized spacial score (nSPS) is 64.6. The van der Waals surface area contributed by atoms with E-state index in [1.165, 1.54) is 10.2 Å². The summed E-state index contributed by atoms with van der Waals surface area (Å²) < 4.78 is 0. The summed E-state index contributed by atoms with van der Waals surface area (Å²) in [5.74, 6) is 2.26. The predicted molar refractivity (Wildman–Crippen MR) is 60.0 cm³/mol. The Hall–Kier alpha value is 0.217. The minimum Gasteiger partial charge on any atom is -0.0596 e. The Labute approximate surface area is 84.9 Å². The molecule has 0 aliphatic heterocycles. The van der Waals surface area contributed by atoms with E-state index in [1.807, 2.05) is 0 Å². The monoisotopic (exact) mass is 194 g/mol. The van der Waals surface area contributed by atoms with E-state index in [1.54, 1.807) is 32.1 Å². The van der Waals surface area contributed by atoms with Crippen LogP contribution in [0.25, 0.3) is 0 Å². The Morgan fingerprint density at radius 2 is 1.92 bits per heavy atom. The lowest BCUT2D eigenvalue weighted by Crippen LogP contribution is -2.52. The van der Waals surface area contributed by atoms with E-state index in [4.69, 9.17) is 0 Å². The van der Waals surface area contributed by atoms with Crippen LogP contribution in [0.3, 0.4) is 0 Å². The maximum Gasteiger partial charge on any atom is 0.00777 e. The lowest BCUT2D eigenvalue weighted by Gasteiger charge is -2.63. The molecule has 0 aromatic carbocycles. The molecule has 0 aromatic heterocycles. The third-order valence-electron chi connectivity index (χ3n) is 5.56. The van der Waals surface area contributed by atoms with E-state index in [9.17, 15) is 0 Å². The van der Waals surface area contributed by atoms with Gasteiger partial charge in [-0.2, -0.15) is 0 Å². The maximum atomic E-state index is 2.60. The van der Waals surface area contributed by atoms with Gasteiger partial charge in [-0.1, -0.05) is 13.8 Å². The lowest BCUT2D eigenvalue weighted by atomic mass is 9.45. The van der Waals surface area contributed by atoms with Crippen molar-refractivity contribution in [1.82, 2.24) is 0 Å². The molecule has 0 amide bonds. The highest BCUT2D eigenvalue weighted by Crippen LogP contribution is 2.68. The van der Waals surface area contributed by atoms with Crippen molar-refractivity contribution in [1.29, 1.82) is 0 Å².